The van der Waals surface area contributed by atoms with Gasteiger partial charge in [0.25, 0.3) is 0 Å². The Hall–Kier alpha value is -3.81. The van der Waals surface area contributed by atoms with E-state index in [0.29, 0.717) is 18.7 Å². The van der Waals surface area contributed by atoms with E-state index in [1.807, 2.05) is 53.2 Å². The van der Waals surface area contributed by atoms with Crippen molar-refractivity contribution in [2.24, 2.45) is 5.92 Å². The van der Waals surface area contributed by atoms with E-state index in [1.165, 1.54) is 12.8 Å². The average molecular weight is 489 g/mol. The van der Waals surface area contributed by atoms with Crippen molar-refractivity contribution in [2.75, 3.05) is 19.0 Å². The number of rotatable bonds is 8. The molecule has 0 bridgehead atoms. The van der Waals surface area contributed by atoms with Crippen molar-refractivity contribution in [3.05, 3.63) is 66.7 Å². The highest BCUT2D eigenvalue weighted by Gasteiger charge is 2.31. The molecule has 2 N–H and O–H groups in total. The molecule has 3 aromatic rings. The van der Waals surface area contributed by atoms with Gasteiger partial charge in [-0.1, -0.05) is 6.07 Å². The number of hydrogen-bond donors (Lipinski definition) is 2. The Bertz CT molecular complexity index is 1190. The Morgan fingerprint density at radius 2 is 1.94 bits per heavy atom. The molecule has 36 heavy (non-hydrogen) atoms. The number of imidazole rings is 1. The number of carbonyl (C=O) groups is 2. The third-order valence-electron chi connectivity index (χ3n) is 7.10. The van der Waals surface area contributed by atoms with Gasteiger partial charge >= 0.3 is 0 Å². The maximum absolute atomic E-state index is 12.8. The van der Waals surface area contributed by atoms with E-state index in [2.05, 4.69) is 15.6 Å². The summed E-state index contributed by atoms with van der Waals surface area (Å²) in [5.74, 6) is 0.939. The van der Waals surface area contributed by atoms with Crippen LogP contribution in [0.2, 0.25) is 0 Å². The molecule has 1 aromatic heterocycles. The summed E-state index contributed by atoms with van der Waals surface area (Å²) in [6.07, 6.45) is 10.8. The molecule has 8 nitrogen and oxygen atoms in total. The summed E-state index contributed by atoms with van der Waals surface area (Å²) in [5, 5.41) is 5.92. The SMILES string of the molecule is COc1ccc(C2CNC(=O)C(CC(=O)Nc3ccc(-n4ccnc4)cc3)C2)cc1OC1CCCC1. The third-order valence-corrected chi connectivity index (χ3v) is 7.10. The number of carbonyl (C=O) groups excluding carboxylic acids is 2. The van der Waals surface area contributed by atoms with Crippen LogP contribution in [0.25, 0.3) is 5.69 Å². The van der Waals surface area contributed by atoms with Crippen LogP contribution < -0.4 is 20.1 Å². The van der Waals surface area contributed by atoms with Gasteiger partial charge in [0.2, 0.25) is 11.8 Å². The summed E-state index contributed by atoms with van der Waals surface area (Å²) in [6.45, 7) is 0.544. The summed E-state index contributed by atoms with van der Waals surface area (Å²) < 4.78 is 13.7. The summed E-state index contributed by atoms with van der Waals surface area (Å²) >= 11 is 0. The van der Waals surface area contributed by atoms with Crippen molar-refractivity contribution in [2.45, 2.75) is 50.5 Å². The molecule has 1 aliphatic heterocycles. The van der Waals surface area contributed by atoms with Crippen LogP contribution >= 0.6 is 0 Å². The van der Waals surface area contributed by atoms with Crippen LogP contribution in [0.3, 0.4) is 0 Å². The molecule has 8 heteroatoms. The largest absolute Gasteiger partial charge is 0.493 e. The van der Waals surface area contributed by atoms with Gasteiger partial charge in [-0.3, -0.25) is 9.59 Å². The molecule has 0 radical (unpaired) electrons. The number of amides is 2. The zero-order valence-electron chi connectivity index (χ0n) is 20.5. The van der Waals surface area contributed by atoms with Gasteiger partial charge in [0.15, 0.2) is 11.5 Å². The molecule has 1 saturated carbocycles. The number of anilines is 1. The van der Waals surface area contributed by atoms with Gasteiger partial charge in [-0.2, -0.15) is 0 Å². The Balaban J connectivity index is 1.22. The fraction of sp³-hybridized carbons (Fsp3) is 0.393. The first-order valence-electron chi connectivity index (χ1n) is 12.6. The topological polar surface area (TPSA) is 94.5 Å². The van der Waals surface area contributed by atoms with Crippen molar-refractivity contribution in [1.29, 1.82) is 0 Å². The first-order chi connectivity index (χ1) is 17.6. The number of hydrogen-bond acceptors (Lipinski definition) is 5. The van der Waals surface area contributed by atoms with Gasteiger partial charge in [0, 0.05) is 48.6 Å². The summed E-state index contributed by atoms with van der Waals surface area (Å²) in [4.78, 5) is 29.4. The highest BCUT2D eigenvalue weighted by molar-refractivity contribution is 5.94. The number of piperidine rings is 1. The molecular weight excluding hydrogens is 456 g/mol. The van der Waals surface area contributed by atoms with Gasteiger partial charge < -0.3 is 24.7 Å². The number of benzene rings is 2. The summed E-state index contributed by atoms with van der Waals surface area (Å²) in [5.41, 5.74) is 2.74. The van der Waals surface area contributed by atoms with Gasteiger partial charge in [-0.15, -0.1) is 0 Å². The molecule has 0 spiro atoms. The zero-order chi connectivity index (χ0) is 24.9. The quantitative estimate of drug-likeness (QED) is 0.489. The molecule has 2 aromatic carbocycles. The van der Waals surface area contributed by atoms with E-state index >= 15 is 0 Å². The van der Waals surface area contributed by atoms with Crippen molar-refractivity contribution in [3.63, 3.8) is 0 Å². The lowest BCUT2D eigenvalue weighted by Gasteiger charge is -2.30. The van der Waals surface area contributed by atoms with E-state index in [-0.39, 0.29) is 30.3 Å². The van der Waals surface area contributed by atoms with Crippen LogP contribution in [-0.2, 0) is 9.59 Å². The Morgan fingerprint density at radius 3 is 2.67 bits per heavy atom. The van der Waals surface area contributed by atoms with Crippen molar-refractivity contribution < 1.29 is 19.1 Å². The second-order valence-corrected chi connectivity index (χ2v) is 9.58. The Morgan fingerprint density at radius 1 is 1.14 bits per heavy atom. The number of methoxy groups -OCH3 is 1. The monoisotopic (exact) mass is 488 g/mol. The molecule has 1 saturated heterocycles. The molecule has 2 unspecified atom stereocenters. The molecular formula is C28H32N4O4. The smallest absolute Gasteiger partial charge is 0.225 e. The fourth-order valence-electron chi connectivity index (χ4n) is 5.12. The van der Waals surface area contributed by atoms with Crippen LogP contribution in [0, 0.1) is 5.92 Å². The minimum absolute atomic E-state index is 0.0761. The fourth-order valence-corrected chi connectivity index (χ4v) is 5.12. The molecule has 2 atom stereocenters. The van der Waals surface area contributed by atoms with Gasteiger partial charge in [0.05, 0.1) is 19.5 Å². The number of ether oxygens (including phenoxy) is 2. The summed E-state index contributed by atoms with van der Waals surface area (Å²) in [6, 6.07) is 13.5. The van der Waals surface area contributed by atoms with E-state index in [9.17, 15) is 9.59 Å². The first-order valence-corrected chi connectivity index (χ1v) is 12.6. The van der Waals surface area contributed by atoms with E-state index in [1.54, 1.807) is 19.6 Å². The Labute approximate surface area is 211 Å². The van der Waals surface area contributed by atoms with Crippen LogP contribution in [0.4, 0.5) is 5.69 Å². The molecule has 1 aliphatic carbocycles. The molecule has 2 heterocycles. The standard InChI is InChI=1S/C28H32N4O4/c1-35-25-11-6-19(15-26(25)36-24-4-2-3-5-24)21-14-20(28(34)30-17-21)16-27(33)31-22-7-9-23(10-8-22)32-13-12-29-18-32/h6-13,15,18,20-21,24H,2-5,14,16-17H2,1H3,(H,30,34)(H,31,33). The highest BCUT2D eigenvalue weighted by atomic mass is 16.5. The zero-order valence-corrected chi connectivity index (χ0v) is 20.5. The lowest BCUT2D eigenvalue weighted by atomic mass is 9.83. The van der Waals surface area contributed by atoms with Crippen molar-refractivity contribution in [3.8, 4) is 17.2 Å². The molecule has 5 rings (SSSR count). The van der Waals surface area contributed by atoms with Crippen LogP contribution in [-0.4, -0.2) is 41.1 Å². The van der Waals surface area contributed by atoms with Crippen molar-refractivity contribution >= 4 is 17.5 Å². The van der Waals surface area contributed by atoms with Crippen LogP contribution in [0.15, 0.2) is 61.2 Å². The number of nitrogens with one attached hydrogen (secondary N) is 2. The number of nitrogens with zero attached hydrogens (tertiary/aromatic N) is 2. The molecule has 2 amide bonds. The van der Waals surface area contributed by atoms with Crippen LogP contribution in [0.5, 0.6) is 11.5 Å². The predicted molar refractivity (Wildman–Crippen MR) is 137 cm³/mol. The predicted octanol–water partition coefficient (Wildman–Crippen LogP) is 4.45. The van der Waals surface area contributed by atoms with Gasteiger partial charge in [-0.25, -0.2) is 4.98 Å². The average Bonchev–Trinajstić information content (AvgIpc) is 3.61. The first kappa shape index (κ1) is 23.9. The minimum atomic E-state index is -0.393. The van der Waals surface area contributed by atoms with Crippen LogP contribution in [0.1, 0.15) is 50.0 Å². The van der Waals surface area contributed by atoms with E-state index in [0.717, 1.165) is 35.6 Å². The number of aromatic nitrogens is 2. The second kappa shape index (κ2) is 10.8. The van der Waals surface area contributed by atoms with E-state index < -0.39 is 5.92 Å². The van der Waals surface area contributed by atoms with E-state index in [4.69, 9.17) is 9.47 Å². The lowest BCUT2D eigenvalue weighted by Crippen LogP contribution is -2.42. The minimum Gasteiger partial charge on any atom is -0.493 e. The van der Waals surface area contributed by atoms with Gasteiger partial charge in [-0.05, 0) is 74.1 Å². The molecule has 2 aliphatic rings. The maximum Gasteiger partial charge on any atom is 0.225 e. The maximum atomic E-state index is 12.8. The normalized spacial score (nSPS) is 20.1. The molecule has 188 valence electrons. The second-order valence-electron chi connectivity index (χ2n) is 9.58. The summed E-state index contributed by atoms with van der Waals surface area (Å²) in [7, 11) is 1.65. The lowest BCUT2D eigenvalue weighted by molar-refractivity contribution is -0.130. The van der Waals surface area contributed by atoms with Crippen molar-refractivity contribution in [1.82, 2.24) is 14.9 Å². The Kier molecular flexibility index (Phi) is 7.21. The third kappa shape index (κ3) is 5.53. The molecule has 2 fully saturated rings. The highest BCUT2D eigenvalue weighted by Crippen LogP contribution is 2.37. The van der Waals surface area contributed by atoms with Gasteiger partial charge in [0.1, 0.15) is 0 Å².